The number of nitrogens with one attached hydrogen (secondary N) is 1. The molecule has 0 aromatic heterocycles. The number of anilines is 1. The molecular weight excluding hydrogens is 438 g/mol. The average molecular weight is 449 g/mol. The summed E-state index contributed by atoms with van der Waals surface area (Å²) in [7, 11) is 0. The Morgan fingerprint density at radius 3 is 1.79 bits per heavy atom. The Morgan fingerprint density at radius 1 is 0.862 bits per heavy atom. The predicted molar refractivity (Wildman–Crippen MR) is 75.2 cm³/mol. The number of hydrogen-bond acceptors (Lipinski definition) is 1. The lowest BCUT2D eigenvalue weighted by Crippen LogP contribution is -2.70. The highest BCUT2D eigenvalue weighted by Gasteiger charge is 2.89. The van der Waals surface area contributed by atoms with E-state index in [0.717, 1.165) is 17.4 Å². The van der Waals surface area contributed by atoms with Crippen molar-refractivity contribution in [3.8, 4) is 0 Å². The Morgan fingerprint density at radius 2 is 1.34 bits per heavy atom. The lowest BCUT2D eigenvalue weighted by Gasteiger charge is -2.38. The Kier molecular flexibility index (Phi) is 6.52. The number of carbonyl (C=O) groups is 1. The molecule has 0 aliphatic heterocycles. The first-order chi connectivity index (χ1) is 12.9. The Hall–Kier alpha value is -2.15. The van der Waals surface area contributed by atoms with Crippen molar-refractivity contribution in [3.63, 3.8) is 0 Å². The van der Waals surface area contributed by atoms with E-state index in [-0.39, 0.29) is 12.0 Å². The van der Waals surface area contributed by atoms with E-state index in [1.54, 1.807) is 0 Å². The molecule has 1 rings (SSSR count). The van der Waals surface area contributed by atoms with Crippen molar-refractivity contribution in [3.05, 3.63) is 29.8 Å². The monoisotopic (exact) mass is 449 g/mol. The second-order valence-corrected chi connectivity index (χ2v) is 5.69. The van der Waals surface area contributed by atoms with Crippen LogP contribution in [-0.2, 0) is 11.2 Å². The molecule has 0 bridgehead atoms. The Balaban J connectivity index is 3.38. The van der Waals surface area contributed by atoms with Crippen LogP contribution in [0.5, 0.6) is 0 Å². The summed E-state index contributed by atoms with van der Waals surface area (Å²) in [5.41, 5.74) is -0.537. The fourth-order valence-corrected chi connectivity index (χ4v) is 2.03. The number of benzene rings is 1. The van der Waals surface area contributed by atoms with Gasteiger partial charge in [-0.3, -0.25) is 4.79 Å². The molecule has 1 aromatic rings. The first-order valence-electron chi connectivity index (χ1n) is 7.46. The van der Waals surface area contributed by atoms with E-state index in [9.17, 15) is 57.5 Å². The van der Waals surface area contributed by atoms with Gasteiger partial charge >= 0.3 is 41.9 Å². The minimum absolute atomic E-state index is 0.0211. The number of halogens is 12. The second kappa shape index (κ2) is 7.59. The molecular formula is C15H11F12NO. The van der Waals surface area contributed by atoms with Gasteiger partial charge in [-0.1, -0.05) is 25.1 Å². The van der Waals surface area contributed by atoms with Crippen LogP contribution in [0, 0.1) is 0 Å². The normalized spacial score (nSPS) is 14.3. The molecule has 1 aromatic carbocycles. The molecule has 29 heavy (non-hydrogen) atoms. The summed E-state index contributed by atoms with van der Waals surface area (Å²) in [6.45, 7) is 1.42. The number of alkyl halides is 12. The molecule has 0 saturated heterocycles. The van der Waals surface area contributed by atoms with Crippen LogP contribution < -0.4 is 5.32 Å². The summed E-state index contributed by atoms with van der Waals surface area (Å²) in [4.78, 5) is 11.5. The van der Waals surface area contributed by atoms with Gasteiger partial charge in [-0.25, -0.2) is 8.78 Å². The fraction of sp³-hybridized carbons (Fsp3) is 0.533. The van der Waals surface area contributed by atoms with Crippen LogP contribution in [0.1, 0.15) is 12.5 Å². The summed E-state index contributed by atoms with van der Waals surface area (Å²) in [5.74, 6) is -39.9. The van der Waals surface area contributed by atoms with Crippen molar-refractivity contribution in [1.82, 2.24) is 0 Å². The highest BCUT2D eigenvalue weighted by Crippen LogP contribution is 2.58. The van der Waals surface area contributed by atoms with Gasteiger partial charge in [-0.05, 0) is 18.1 Å². The fourth-order valence-electron chi connectivity index (χ4n) is 2.03. The van der Waals surface area contributed by atoms with Crippen LogP contribution in [-0.4, -0.2) is 41.9 Å². The van der Waals surface area contributed by atoms with Crippen LogP contribution in [0.2, 0.25) is 0 Å². The molecule has 2 nitrogen and oxygen atoms in total. The zero-order chi connectivity index (χ0) is 23.1. The predicted octanol–water partition coefficient (Wildman–Crippen LogP) is 5.63. The molecule has 0 spiro atoms. The van der Waals surface area contributed by atoms with Gasteiger partial charge in [0.05, 0.1) is 0 Å². The van der Waals surface area contributed by atoms with Gasteiger partial charge in [-0.15, -0.1) is 0 Å². The molecule has 0 radical (unpaired) electrons. The molecule has 14 heteroatoms. The first-order valence-corrected chi connectivity index (χ1v) is 7.46. The van der Waals surface area contributed by atoms with E-state index in [1.165, 1.54) is 19.1 Å². The largest absolute Gasteiger partial charge is 0.393 e. The molecule has 0 heterocycles. The van der Waals surface area contributed by atoms with Crippen molar-refractivity contribution in [1.29, 1.82) is 0 Å². The van der Waals surface area contributed by atoms with Crippen molar-refractivity contribution in [2.75, 3.05) is 5.32 Å². The highest BCUT2D eigenvalue weighted by atomic mass is 19.4. The van der Waals surface area contributed by atoms with E-state index in [2.05, 4.69) is 0 Å². The Bertz CT molecular complexity index is 747. The third-order valence-corrected chi connectivity index (χ3v) is 3.81. The summed E-state index contributed by atoms with van der Waals surface area (Å²) < 4.78 is 157. The van der Waals surface area contributed by atoms with Crippen LogP contribution in [0.3, 0.4) is 0 Å². The topological polar surface area (TPSA) is 29.1 Å². The van der Waals surface area contributed by atoms with Crippen LogP contribution >= 0.6 is 0 Å². The zero-order valence-corrected chi connectivity index (χ0v) is 14.0. The van der Waals surface area contributed by atoms with Gasteiger partial charge in [0, 0.05) is 5.69 Å². The number of rotatable bonds is 8. The smallest absolute Gasteiger partial charge is 0.320 e. The SMILES string of the molecule is CCc1ccccc1NC(=O)C(F)(F)C(F)(F)C(F)(F)C(F)(F)C(F)(F)C(F)F. The highest BCUT2D eigenvalue weighted by molar-refractivity contribution is 5.97. The minimum Gasteiger partial charge on any atom is -0.320 e. The maximum Gasteiger partial charge on any atom is 0.393 e. The minimum atomic E-state index is -7.74. The maximum absolute atomic E-state index is 13.7. The first kappa shape index (κ1) is 24.9. The summed E-state index contributed by atoms with van der Waals surface area (Å²) in [6.07, 6.45) is -5.58. The molecule has 166 valence electrons. The molecule has 0 aliphatic carbocycles. The number of amides is 1. The average Bonchev–Trinajstić information content (AvgIpc) is 2.61. The van der Waals surface area contributed by atoms with Crippen LogP contribution in [0.15, 0.2) is 24.3 Å². The van der Waals surface area contributed by atoms with E-state index in [0.29, 0.717) is 0 Å². The van der Waals surface area contributed by atoms with Gasteiger partial charge in [0.15, 0.2) is 0 Å². The molecule has 0 atom stereocenters. The quantitative estimate of drug-likeness (QED) is 0.513. The van der Waals surface area contributed by atoms with Crippen LogP contribution in [0.4, 0.5) is 58.4 Å². The van der Waals surface area contributed by atoms with Gasteiger partial charge in [-0.2, -0.15) is 43.9 Å². The number of hydrogen-bond donors (Lipinski definition) is 1. The van der Waals surface area contributed by atoms with Gasteiger partial charge in [0.1, 0.15) is 0 Å². The van der Waals surface area contributed by atoms with Crippen molar-refractivity contribution in [2.45, 2.75) is 49.4 Å². The van der Waals surface area contributed by atoms with E-state index in [4.69, 9.17) is 0 Å². The van der Waals surface area contributed by atoms with Crippen molar-refractivity contribution >= 4 is 11.6 Å². The summed E-state index contributed by atoms with van der Waals surface area (Å²) in [6, 6.07) is 4.51. The molecule has 0 saturated carbocycles. The van der Waals surface area contributed by atoms with Crippen molar-refractivity contribution in [2.24, 2.45) is 0 Å². The maximum atomic E-state index is 13.7. The van der Waals surface area contributed by atoms with Gasteiger partial charge < -0.3 is 5.32 Å². The third kappa shape index (κ3) is 3.72. The lowest BCUT2D eigenvalue weighted by atomic mass is 9.94. The number of carbonyl (C=O) groups excluding carboxylic acids is 1. The molecule has 0 fully saturated rings. The third-order valence-electron chi connectivity index (χ3n) is 3.81. The number of para-hydroxylation sites is 1. The molecule has 1 amide bonds. The second-order valence-electron chi connectivity index (χ2n) is 5.69. The van der Waals surface area contributed by atoms with Gasteiger partial charge in [0.2, 0.25) is 0 Å². The lowest BCUT2D eigenvalue weighted by molar-refractivity contribution is -0.406. The molecule has 1 N–H and O–H groups in total. The Labute approximate surface area is 154 Å². The van der Waals surface area contributed by atoms with Gasteiger partial charge in [0.25, 0.3) is 0 Å². The molecule has 0 aliphatic rings. The standard InChI is InChI=1S/C15H11F12NO/c1-2-7-5-3-4-6-8(7)28-10(29)12(20,21)14(24,25)15(26,27)13(22,23)11(18,19)9(16)17/h3-6,9H,2H2,1H3,(H,28,29). The van der Waals surface area contributed by atoms with Crippen molar-refractivity contribution < 1.29 is 57.5 Å². The summed E-state index contributed by atoms with van der Waals surface area (Å²) >= 11 is 0. The number of aryl methyl sites for hydroxylation is 1. The van der Waals surface area contributed by atoms with E-state index < -0.39 is 47.6 Å². The molecule has 0 unspecified atom stereocenters. The van der Waals surface area contributed by atoms with Crippen LogP contribution in [0.25, 0.3) is 0 Å². The van der Waals surface area contributed by atoms with E-state index >= 15 is 0 Å². The summed E-state index contributed by atoms with van der Waals surface area (Å²) in [5, 5.41) is 1.11. The van der Waals surface area contributed by atoms with E-state index in [1.807, 2.05) is 0 Å². The zero-order valence-electron chi connectivity index (χ0n) is 14.0.